The standard InChI is InChI=1S/C19H21N5O2/c1-12-2-3-15(18(20)25)17(16(12)24-8-6-21-7-9-24)26-14-10-13-4-5-22-19(13)23-11-14/h2-5,10-11,21H,6-9H2,1H3,(H2,20,25)(H,22,23). The Labute approximate surface area is 151 Å². The molecule has 1 aromatic carbocycles. The number of amides is 1. The number of pyridine rings is 1. The molecule has 0 atom stereocenters. The van der Waals surface area contributed by atoms with E-state index in [0.717, 1.165) is 48.5 Å². The number of nitrogens with two attached hydrogens (primary N) is 1. The van der Waals surface area contributed by atoms with Gasteiger partial charge in [-0.15, -0.1) is 0 Å². The fourth-order valence-electron chi connectivity index (χ4n) is 3.34. The third kappa shape index (κ3) is 2.97. The van der Waals surface area contributed by atoms with Crippen molar-refractivity contribution in [3.05, 3.63) is 47.8 Å². The summed E-state index contributed by atoms with van der Waals surface area (Å²) in [6.07, 6.45) is 3.47. The first-order chi connectivity index (χ1) is 12.6. The molecule has 1 amide bonds. The minimum absolute atomic E-state index is 0.373. The van der Waals surface area contributed by atoms with Crippen LogP contribution in [0.5, 0.6) is 11.5 Å². The molecule has 3 heterocycles. The Morgan fingerprint density at radius 3 is 2.85 bits per heavy atom. The molecule has 1 saturated heterocycles. The Morgan fingerprint density at radius 1 is 1.27 bits per heavy atom. The van der Waals surface area contributed by atoms with Gasteiger partial charge in [0.15, 0.2) is 5.75 Å². The van der Waals surface area contributed by atoms with Crippen LogP contribution in [0.3, 0.4) is 0 Å². The van der Waals surface area contributed by atoms with Gasteiger partial charge in [0.25, 0.3) is 5.91 Å². The molecule has 3 aromatic rings. The van der Waals surface area contributed by atoms with Crippen molar-refractivity contribution >= 4 is 22.6 Å². The first-order valence-corrected chi connectivity index (χ1v) is 8.63. The summed E-state index contributed by atoms with van der Waals surface area (Å²) in [5, 5.41) is 4.28. The number of hydrogen-bond donors (Lipinski definition) is 3. The third-order valence-corrected chi connectivity index (χ3v) is 4.63. The number of benzene rings is 1. The first-order valence-electron chi connectivity index (χ1n) is 8.63. The van der Waals surface area contributed by atoms with Crippen LogP contribution >= 0.6 is 0 Å². The van der Waals surface area contributed by atoms with E-state index < -0.39 is 5.91 Å². The maximum atomic E-state index is 12.0. The number of nitrogens with one attached hydrogen (secondary N) is 2. The predicted octanol–water partition coefficient (Wildman–Crippen LogP) is 2.17. The number of H-pyrrole nitrogens is 1. The second-order valence-corrected chi connectivity index (χ2v) is 6.40. The summed E-state index contributed by atoms with van der Waals surface area (Å²) >= 11 is 0. The smallest absolute Gasteiger partial charge is 0.252 e. The first kappa shape index (κ1) is 16.4. The van der Waals surface area contributed by atoms with Gasteiger partial charge in [-0.25, -0.2) is 4.98 Å². The summed E-state index contributed by atoms with van der Waals surface area (Å²) in [6.45, 7) is 5.47. The highest BCUT2D eigenvalue weighted by Crippen LogP contribution is 2.39. The van der Waals surface area contributed by atoms with Gasteiger partial charge in [0.1, 0.15) is 11.4 Å². The highest BCUT2D eigenvalue weighted by Gasteiger charge is 2.23. The number of primary amides is 1. The van der Waals surface area contributed by atoms with E-state index in [9.17, 15) is 4.79 Å². The van der Waals surface area contributed by atoms with Crippen molar-refractivity contribution in [3.63, 3.8) is 0 Å². The number of aromatic nitrogens is 2. The van der Waals surface area contributed by atoms with E-state index >= 15 is 0 Å². The van der Waals surface area contributed by atoms with Gasteiger partial charge in [0.05, 0.1) is 17.4 Å². The van der Waals surface area contributed by atoms with Crippen LogP contribution in [0.1, 0.15) is 15.9 Å². The number of rotatable bonds is 4. The van der Waals surface area contributed by atoms with Crippen molar-refractivity contribution in [1.29, 1.82) is 0 Å². The molecule has 4 rings (SSSR count). The fourth-order valence-corrected chi connectivity index (χ4v) is 3.34. The topological polar surface area (TPSA) is 96.3 Å². The van der Waals surface area contributed by atoms with Gasteiger partial charge in [0, 0.05) is 37.8 Å². The van der Waals surface area contributed by atoms with Crippen molar-refractivity contribution in [3.8, 4) is 11.5 Å². The quantitative estimate of drug-likeness (QED) is 0.669. The largest absolute Gasteiger partial charge is 0.453 e. The minimum atomic E-state index is -0.507. The summed E-state index contributed by atoms with van der Waals surface area (Å²) in [5.74, 6) is 0.560. The van der Waals surface area contributed by atoms with Gasteiger partial charge < -0.3 is 25.7 Å². The molecule has 0 bridgehead atoms. The minimum Gasteiger partial charge on any atom is -0.453 e. The normalized spacial score (nSPS) is 14.6. The molecule has 7 heteroatoms. The van der Waals surface area contributed by atoms with Crippen LogP contribution in [0.25, 0.3) is 11.0 Å². The van der Waals surface area contributed by atoms with Crippen LogP contribution in [0.2, 0.25) is 0 Å². The fraction of sp³-hybridized carbons (Fsp3) is 0.263. The van der Waals surface area contributed by atoms with Crippen molar-refractivity contribution in [2.75, 3.05) is 31.1 Å². The molecule has 4 N–H and O–H groups in total. The zero-order valence-corrected chi connectivity index (χ0v) is 14.6. The number of aryl methyl sites for hydroxylation is 1. The van der Waals surface area contributed by atoms with Crippen LogP contribution in [-0.4, -0.2) is 42.1 Å². The maximum absolute atomic E-state index is 12.0. The Balaban J connectivity index is 1.81. The summed E-state index contributed by atoms with van der Waals surface area (Å²) in [7, 11) is 0. The molecule has 0 unspecified atom stereocenters. The second kappa shape index (κ2) is 6.68. The number of carbonyl (C=O) groups excluding carboxylic acids is 1. The van der Waals surface area contributed by atoms with E-state index in [2.05, 4.69) is 20.2 Å². The van der Waals surface area contributed by atoms with Gasteiger partial charge in [-0.05, 0) is 30.7 Å². The molecule has 2 aromatic heterocycles. The zero-order valence-electron chi connectivity index (χ0n) is 14.6. The molecule has 26 heavy (non-hydrogen) atoms. The summed E-state index contributed by atoms with van der Waals surface area (Å²) in [6, 6.07) is 7.46. The average molecular weight is 351 g/mol. The molecule has 1 aliphatic heterocycles. The van der Waals surface area contributed by atoms with Gasteiger partial charge >= 0.3 is 0 Å². The lowest BCUT2D eigenvalue weighted by atomic mass is 10.1. The number of fused-ring (bicyclic) bond motifs is 1. The number of aromatic amines is 1. The Kier molecular flexibility index (Phi) is 4.22. The molecule has 0 aliphatic carbocycles. The average Bonchev–Trinajstić information content (AvgIpc) is 3.10. The molecule has 0 saturated carbocycles. The van der Waals surface area contributed by atoms with E-state index in [1.807, 2.05) is 31.3 Å². The lowest BCUT2D eigenvalue weighted by Crippen LogP contribution is -2.44. The Morgan fingerprint density at radius 2 is 2.08 bits per heavy atom. The van der Waals surface area contributed by atoms with Crippen molar-refractivity contribution < 1.29 is 9.53 Å². The van der Waals surface area contributed by atoms with E-state index in [4.69, 9.17) is 10.5 Å². The zero-order chi connectivity index (χ0) is 18.1. The van der Waals surface area contributed by atoms with E-state index in [0.29, 0.717) is 17.1 Å². The van der Waals surface area contributed by atoms with Gasteiger partial charge in [-0.2, -0.15) is 0 Å². The SMILES string of the molecule is Cc1ccc(C(N)=O)c(Oc2cnc3[nH]ccc3c2)c1N1CCNCC1. The molecule has 1 aliphatic rings. The lowest BCUT2D eigenvalue weighted by Gasteiger charge is -2.32. The number of carbonyl (C=O) groups is 1. The molecule has 1 fully saturated rings. The molecular formula is C19H21N5O2. The molecule has 0 spiro atoms. The highest BCUT2D eigenvalue weighted by molar-refractivity contribution is 5.98. The lowest BCUT2D eigenvalue weighted by molar-refractivity contribution is 0.0998. The molecule has 7 nitrogen and oxygen atoms in total. The third-order valence-electron chi connectivity index (χ3n) is 4.63. The van der Waals surface area contributed by atoms with Crippen molar-refractivity contribution in [1.82, 2.24) is 15.3 Å². The number of anilines is 1. The van der Waals surface area contributed by atoms with Crippen LogP contribution in [0.15, 0.2) is 36.7 Å². The molecular weight excluding hydrogens is 330 g/mol. The van der Waals surface area contributed by atoms with Crippen molar-refractivity contribution in [2.45, 2.75) is 6.92 Å². The summed E-state index contributed by atoms with van der Waals surface area (Å²) < 4.78 is 6.17. The monoisotopic (exact) mass is 351 g/mol. The molecule has 134 valence electrons. The van der Waals surface area contributed by atoms with Gasteiger partial charge in [0.2, 0.25) is 0 Å². The van der Waals surface area contributed by atoms with Crippen LogP contribution in [0.4, 0.5) is 5.69 Å². The van der Waals surface area contributed by atoms with Gasteiger partial charge in [-0.3, -0.25) is 4.79 Å². The Hall–Kier alpha value is -3.06. The van der Waals surface area contributed by atoms with Crippen LogP contribution in [0, 0.1) is 6.92 Å². The maximum Gasteiger partial charge on any atom is 0.252 e. The second-order valence-electron chi connectivity index (χ2n) is 6.40. The van der Waals surface area contributed by atoms with E-state index in [-0.39, 0.29) is 0 Å². The number of hydrogen-bond acceptors (Lipinski definition) is 5. The van der Waals surface area contributed by atoms with Gasteiger partial charge in [-0.1, -0.05) is 6.07 Å². The predicted molar refractivity (Wildman–Crippen MR) is 101 cm³/mol. The summed E-state index contributed by atoms with van der Waals surface area (Å²) in [5.41, 5.74) is 8.74. The number of ether oxygens (including phenoxy) is 1. The number of nitrogens with zero attached hydrogens (tertiary/aromatic N) is 2. The summed E-state index contributed by atoms with van der Waals surface area (Å²) in [4.78, 5) is 21.7. The van der Waals surface area contributed by atoms with E-state index in [1.54, 1.807) is 12.3 Å². The van der Waals surface area contributed by atoms with Crippen LogP contribution in [-0.2, 0) is 0 Å². The van der Waals surface area contributed by atoms with Crippen LogP contribution < -0.4 is 20.7 Å². The number of piperazine rings is 1. The Bertz CT molecular complexity index is 960. The highest BCUT2D eigenvalue weighted by atomic mass is 16.5. The van der Waals surface area contributed by atoms with E-state index in [1.165, 1.54) is 0 Å². The molecule has 0 radical (unpaired) electrons. The van der Waals surface area contributed by atoms with Crippen molar-refractivity contribution in [2.24, 2.45) is 5.73 Å².